The Balaban J connectivity index is 5.72. The fourth-order valence-electron chi connectivity index (χ4n) is 1.71. The lowest BCUT2D eigenvalue weighted by molar-refractivity contribution is -0.361. The van der Waals surface area contributed by atoms with E-state index in [1.165, 1.54) is 26.8 Å². The average Bonchev–Trinajstić information content (AvgIpc) is 2.19. The molecule has 0 aromatic heterocycles. The number of alkyl halides is 6. The summed E-state index contributed by atoms with van der Waals surface area (Å²) >= 11 is 0. The van der Waals surface area contributed by atoms with Crippen molar-refractivity contribution in [3.63, 3.8) is 0 Å². The second-order valence-corrected chi connectivity index (χ2v) is 15.4. The maximum absolute atomic E-state index is 13.2. The molecule has 0 aromatic rings. The van der Waals surface area contributed by atoms with E-state index in [1.807, 2.05) is 0 Å². The maximum Gasteiger partial charge on any atom is 0.425 e. The first-order valence-corrected chi connectivity index (χ1v) is 12.9. The number of hydrogen-bond acceptors (Lipinski definition) is 2. The van der Waals surface area contributed by atoms with Crippen molar-refractivity contribution in [3.8, 4) is 0 Å². The summed E-state index contributed by atoms with van der Waals surface area (Å²) in [7, 11) is -4.37. The molecule has 0 saturated carbocycles. The quantitative estimate of drug-likeness (QED) is 0.496. The van der Waals surface area contributed by atoms with Crippen molar-refractivity contribution < 1.29 is 35.2 Å². The Bertz CT molecular complexity index is 332. The van der Waals surface area contributed by atoms with Crippen LogP contribution < -0.4 is 0 Å². The molecule has 0 spiro atoms. The van der Waals surface area contributed by atoms with E-state index in [0.717, 1.165) is 0 Å². The molecular weight excluding hydrogens is 334 g/mol. The fraction of sp³-hybridized carbons (Fsp3) is 1.00. The summed E-state index contributed by atoms with van der Waals surface area (Å²) < 4.78 is 89.1. The third kappa shape index (κ3) is 5.57. The SMILES string of the molecule is CO[Si](C)(C)CCC(O[Si](C)(C)C)(C(F)(F)F)C(F)(F)F. The first-order valence-electron chi connectivity index (χ1n) is 6.36. The van der Waals surface area contributed by atoms with Gasteiger partial charge in [0.2, 0.25) is 5.60 Å². The molecule has 0 atom stereocenters. The van der Waals surface area contributed by atoms with Crippen LogP contribution >= 0.6 is 0 Å². The first kappa shape index (κ1) is 20.9. The minimum absolute atomic E-state index is 0.299. The molecule has 0 unspecified atom stereocenters. The van der Waals surface area contributed by atoms with Gasteiger partial charge in [-0.25, -0.2) is 0 Å². The molecule has 0 aliphatic heterocycles. The van der Waals surface area contributed by atoms with Crippen LogP contribution in [0.5, 0.6) is 0 Å². The summed E-state index contributed by atoms with van der Waals surface area (Å²) in [5, 5.41) is 0. The van der Waals surface area contributed by atoms with Gasteiger partial charge < -0.3 is 8.85 Å². The second kappa shape index (κ2) is 6.21. The summed E-state index contributed by atoms with van der Waals surface area (Å²) in [6, 6.07) is -0.299. The Morgan fingerprint density at radius 2 is 1.19 bits per heavy atom. The molecule has 0 aliphatic rings. The molecule has 21 heavy (non-hydrogen) atoms. The van der Waals surface area contributed by atoms with Gasteiger partial charge in [-0.05, 0) is 45.2 Å². The predicted molar refractivity (Wildman–Crippen MR) is 73.2 cm³/mol. The van der Waals surface area contributed by atoms with E-state index < -0.39 is 41.0 Å². The third-order valence-corrected chi connectivity index (χ3v) is 6.55. The molecule has 2 nitrogen and oxygen atoms in total. The van der Waals surface area contributed by atoms with Crippen LogP contribution in [0, 0.1) is 0 Å². The van der Waals surface area contributed by atoms with E-state index in [-0.39, 0.29) is 6.04 Å². The van der Waals surface area contributed by atoms with Gasteiger partial charge in [0.05, 0.1) is 0 Å². The lowest BCUT2D eigenvalue weighted by Crippen LogP contribution is -2.62. The van der Waals surface area contributed by atoms with E-state index >= 15 is 0 Å². The van der Waals surface area contributed by atoms with Crippen LogP contribution in [0.4, 0.5) is 26.3 Å². The van der Waals surface area contributed by atoms with Gasteiger partial charge in [0.15, 0.2) is 16.6 Å². The molecule has 0 aromatic carbocycles. The van der Waals surface area contributed by atoms with E-state index in [4.69, 9.17) is 4.43 Å². The highest BCUT2D eigenvalue weighted by Crippen LogP contribution is 2.50. The van der Waals surface area contributed by atoms with Crippen molar-refractivity contribution in [1.82, 2.24) is 0 Å². The molecule has 0 aliphatic carbocycles. The molecule has 0 fully saturated rings. The summed E-state index contributed by atoms with van der Waals surface area (Å²) in [4.78, 5) is 0. The normalized spacial score (nSPS) is 15.4. The zero-order valence-electron chi connectivity index (χ0n) is 13.0. The van der Waals surface area contributed by atoms with E-state index in [9.17, 15) is 26.3 Å². The molecule has 0 saturated heterocycles. The molecule has 0 heterocycles. The monoisotopic (exact) mass is 356 g/mol. The molecule has 10 heteroatoms. The lowest BCUT2D eigenvalue weighted by Gasteiger charge is -2.42. The highest BCUT2D eigenvalue weighted by atomic mass is 28.4. The zero-order valence-corrected chi connectivity index (χ0v) is 15.0. The lowest BCUT2D eigenvalue weighted by atomic mass is 9.99. The molecule has 128 valence electrons. The Morgan fingerprint density at radius 3 is 1.43 bits per heavy atom. The van der Waals surface area contributed by atoms with Crippen LogP contribution in [0.2, 0.25) is 38.8 Å². The fourth-order valence-corrected chi connectivity index (χ4v) is 4.25. The van der Waals surface area contributed by atoms with Crippen LogP contribution in [0.1, 0.15) is 6.42 Å². The molecular formula is C11H22F6O2Si2. The standard InChI is InChI=1S/C11H22F6O2Si2/c1-18-21(5,6)8-7-9(10(12,13)14,11(15,16)17)19-20(2,3)4/h7-8H2,1-6H3. The largest absolute Gasteiger partial charge is 0.425 e. The van der Waals surface area contributed by atoms with Gasteiger partial charge in [0.1, 0.15) is 0 Å². The minimum atomic E-state index is -5.52. The average molecular weight is 356 g/mol. The topological polar surface area (TPSA) is 18.5 Å². The van der Waals surface area contributed by atoms with Crippen molar-refractivity contribution in [1.29, 1.82) is 0 Å². The number of halogens is 6. The van der Waals surface area contributed by atoms with Crippen molar-refractivity contribution in [3.05, 3.63) is 0 Å². The van der Waals surface area contributed by atoms with Crippen molar-refractivity contribution in [2.24, 2.45) is 0 Å². The summed E-state index contributed by atoms with van der Waals surface area (Å²) in [6.07, 6.45) is -12.2. The molecule has 0 radical (unpaired) electrons. The Morgan fingerprint density at radius 1 is 0.810 bits per heavy atom. The maximum atomic E-state index is 13.2. The van der Waals surface area contributed by atoms with Gasteiger partial charge in [0.25, 0.3) is 0 Å². The number of hydrogen-bond donors (Lipinski definition) is 0. The highest BCUT2D eigenvalue weighted by molar-refractivity contribution is 6.71. The van der Waals surface area contributed by atoms with Crippen molar-refractivity contribution in [2.75, 3.05) is 7.11 Å². The van der Waals surface area contributed by atoms with Gasteiger partial charge in [0, 0.05) is 7.11 Å². The molecule has 0 rings (SSSR count). The predicted octanol–water partition coefficient (Wildman–Crippen LogP) is 4.94. The Labute approximate surface area is 123 Å². The highest BCUT2D eigenvalue weighted by Gasteiger charge is 2.72. The minimum Gasteiger partial charge on any atom is -0.420 e. The van der Waals surface area contributed by atoms with E-state index in [1.54, 1.807) is 13.1 Å². The van der Waals surface area contributed by atoms with Crippen LogP contribution in [0.25, 0.3) is 0 Å². The smallest absolute Gasteiger partial charge is 0.420 e. The number of rotatable bonds is 6. The molecule has 0 bridgehead atoms. The third-order valence-electron chi connectivity index (χ3n) is 3.03. The van der Waals surface area contributed by atoms with Crippen molar-refractivity contribution >= 4 is 16.6 Å². The van der Waals surface area contributed by atoms with Gasteiger partial charge in [-0.2, -0.15) is 26.3 Å². The Kier molecular flexibility index (Phi) is 6.19. The summed E-state index contributed by atoms with van der Waals surface area (Å²) in [5.74, 6) is 0. The van der Waals surface area contributed by atoms with Gasteiger partial charge in [-0.1, -0.05) is 0 Å². The van der Waals surface area contributed by atoms with Gasteiger partial charge in [-0.3, -0.25) is 0 Å². The first-order chi connectivity index (χ1) is 8.97. The summed E-state index contributed by atoms with van der Waals surface area (Å²) in [6.45, 7) is 7.05. The molecule has 0 amide bonds. The second-order valence-electron chi connectivity index (χ2n) is 6.50. The van der Waals surface area contributed by atoms with Crippen LogP contribution in [-0.4, -0.2) is 41.7 Å². The summed E-state index contributed by atoms with van der Waals surface area (Å²) in [5.41, 5.74) is -4.12. The van der Waals surface area contributed by atoms with Crippen LogP contribution in [0.15, 0.2) is 0 Å². The van der Waals surface area contributed by atoms with Crippen molar-refractivity contribution in [2.45, 2.75) is 63.2 Å². The van der Waals surface area contributed by atoms with E-state index in [2.05, 4.69) is 4.43 Å². The van der Waals surface area contributed by atoms with Crippen LogP contribution in [-0.2, 0) is 8.85 Å². The van der Waals surface area contributed by atoms with Gasteiger partial charge in [-0.15, -0.1) is 0 Å². The van der Waals surface area contributed by atoms with E-state index in [0.29, 0.717) is 0 Å². The van der Waals surface area contributed by atoms with Crippen LogP contribution in [0.3, 0.4) is 0 Å². The zero-order chi connectivity index (χ0) is 17.3. The van der Waals surface area contributed by atoms with Gasteiger partial charge >= 0.3 is 12.4 Å². The Hall–Kier alpha value is -0.0662. The molecule has 0 N–H and O–H groups in total.